The predicted molar refractivity (Wildman–Crippen MR) is 214 cm³/mol. The lowest BCUT2D eigenvalue weighted by molar-refractivity contribution is -0.160. The van der Waals surface area contributed by atoms with E-state index in [9.17, 15) is 39.9 Å². The summed E-state index contributed by atoms with van der Waals surface area (Å²) in [5.41, 5.74) is -0.426. The fraction of sp³-hybridized carbons (Fsp3) is 0.524. The Hall–Kier alpha value is -5.16. The topological polar surface area (TPSA) is 226 Å². The summed E-state index contributed by atoms with van der Waals surface area (Å²) < 4.78 is 29.0. The Morgan fingerprint density at radius 2 is 1.64 bits per heavy atom. The van der Waals surface area contributed by atoms with Crippen LogP contribution in [-0.2, 0) is 28.5 Å². The van der Waals surface area contributed by atoms with Gasteiger partial charge in [-0.05, 0) is 19.9 Å². The van der Waals surface area contributed by atoms with Crippen LogP contribution < -0.4 is 10.1 Å². The summed E-state index contributed by atoms with van der Waals surface area (Å²) in [6.45, 7) is 14.1. The minimum absolute atomic E-state index is 0.0475. The van der Waals surface area contributed by atoms with Crippen molar-refractivity contribution in [3.63, 3.8) is 0 Å². The second-order valence-electron chi connectivity index (χ2n) is 15.4. The first-order valence-corrected chi connectivity index (χ1v) is 19.3. The molecule has 4 aliphatic rings. The summed E-state index contributed by atoms with van der Waals surface area (Å²) in [6, 6.07) is 0. The summed E-state index contributed by atoms with van der Waals surface area (Å²) in [4.78, 5) is 40.4. The highest BCUT2D eigenvalue weighted by Gasteiger charge is 2.50. The number of anilines is 1. The van der Waals surface area contributed by atoms with E-state index in [4.69, 9.17) is 23.7 Å². The smallest absolute Gasteiger partial charge is 0.312 e. The van der Waals surface area contributed by atoms with Gasteiger partial charge in [0.2, 0.25) is 0 Å². The van der Waals surface area contributed by atoms with Crippen LogP contribution in [0.2, 0.25) is 0 Å². The molecule has 4 heterocycles. The number of benzene rings is 2. The third kappa shape index (κ3) is 8.51. The number of hydrogen-bond donors (Lipinski definition) is 6. The molecular formula is C42H55N3O13. The maximum absolute atomic E-state index is 14.4. The molecule has 1 fully saturated rings. The van der Waals surface area contributed by atoms with Crippen molar-refractivity contribution >= 4 is 40.3 Å². The van der Waals surface area contributed by atoms with Gasteiger partial charge in [0.05, 0.1) is 79.3 Å². The van der Waals surface area contributed by atoms with Gasteiger partial charge in [0.25, 0.3) is 11.7 Å². The zero-order valence-corrected chi connectivity index (χ0v) is 34.3. The van der Waals surface area contributed by atoms with Gasteiger partial charge in [0, 0.05) is 61.2 Å². The molecular weight excluding hydrogens is 754 g/mol. The molecule has 16 heteroatoms. The number of allylic oxidation sites excluding steroid dienone is 2. The molecule has 316 valence electrons. The zero-order chi connectivity index (χ0) is 42.8. The molecule has 0 radical (unpaired) electrons. The number of rotatable bonds is 4. The molecule has 1 amide bonds. The number of hydrazone groups is 1. The number of methoxy groups -OCH3 is 1. The summed E-state index contributed by atoms with van der Waals surface area (Å²) in [6.07, 6.45) is 4.76. The summed E-state index contributed by atoms with van der Waals surface area (Å²) >= 11 is 0. The van der Waals surface area contributed by atoms with Gasteiger partial charge in [-0.3, -0.25) is 19.4 Å². The second kappa shape index (κ2) is 17.8. The van der Waals surface area contributed by atoms with Crippen molar-refractivity contribution in [2.24, 2.45) is 28.8 Å². The second-order valence-corrected chi connectivity index (χ2v) is 15.4. The number of hydrogen-bond acceptors (Lipinski definition) is 15. The molecule has 6 N–H and O–H groups in total. The number of esters is 1. The lowest BCUT2D eigenvalue weighted by Crippen LogP contribution is -2.46. The van der Waals surface area contributed by atoms with Crippen LogP contribution in [0.1, 0.15) is 70.0 Å². The van der Waals surface area contributed by atoms with E-state index in [0.717, 1.165) is 0 Å². The maximum Gasteiger partial charge on any atom is 0.312 e. The van der Waals surface area contributed by atoms with Crippen LogP contribution in [0.5, 0.6) is 23.0 Å². The SMILES string of the molecule is CO[C@H]1/C=C/O[C@@]2(C)Oc3c(C)c(O)c4c(O)c(c(/C=N/N5CCOCC5)c(O)c4c3C2=O)NC(=O)/C(C)=C\C=C\[C@@H](C)[C@H](O)[C@@H](C)[C@H](O)[C@@H](C)[C@H](OC(C)=O)[C@@H]1C. The van der Waals surface area contributed by atoms with Gasteiger partial charge < -0.3 is 54.5 Å². The van der Waals surface area contributed by atoms with E-state index >= 15 is 0 Å². The van der Waals surface area contributed by atoms with Crippen molar-refractivity contribution in [1.82, 2.24) is 5.01 Å². The molecule has 1 saturated heterocycles. The molecule has 2 aromatic carbocycles. The number of ether oxygens (including phenoxy) is 5. The van der Waals surface area contributed by atoms with E-state index < -0.39 is 88.8 Å². The number of carbonyl (C=O) groups excluding carboxylic acids is 3. The normalized spacial score (nSPS) is 32.1. The number of carbonyl (C=O) groups is 3. The molecule has 0 aliphatic carbocycles. The molecule has 6 rings (SSSR count). The van der Waals surface area contributed by atoms with Crippen LogP contribution in [0.3, 0.4) is 0 Å². The molecule has 0 aromatic heterocycles. The first kappa shape index (κ1) is 44.0. The molecule has 2 aromatic rings. The number of aliphatic hydroxyl groups excluding tert-OH is 2. The van der Waals surface area contributed by atoms with Gasteiger partial charge in [0.15, 0.2) is 5.75 Å². The fourth-order valence-electron chi connectivity index (χ4n) is 7.68. The van der Waals surface area contributed by atoms with E-state index in [1.165, 1.54) is 59.4 Å². The average molecular weight is 810 g/mol. The van der Waals surface area contributed by atoms with Crippen LogP contribution >= 0.6 is 0 Å². The van der Waals surface area contributed by atoms with E-state index in [1.54, 1.807) is 44.9 Å². The first-order chi connectivity index (χ1) is 27.3. The van der Waals surface area contributed by atoms with E-state index in [2.05, 4.69) is 10.4 Å². The van der Waals surface area contributed by atoms with Crippen molar-refractivity contribution in [2.45, 2.75) is 85.6 Å². The number of nitrogens with zero attached hydrogens (tertiary/aromatic N) is 2. The summed E-state index contributed by atoms with van der Waals surface area (Å²) in [7, 11) is 1.43. The van der Waals surface area contributed by atoms with Crippen molar-refractivity contribution in [1.29, 1.82) is 0 Å². The molecule has 0 unspecified atom stereocenters. The summed E-state index contributed by atoms with van der Waals surface area (Å²) in [5.74, 6) is -8.44. The minimum atomic E-state index is -2.05. The number of aliphatic hydroxyl groups is 2. The van der Waals surface area contributed by atoms with Gasteiger partial charge >= 0.3 is 11.8 Å². The van der Waals surface area contributed by atoms with Crippen molar-refractivity contribution < 1.29 is 63.6 Å². The third-order valence-corrected chi connectivity index (χ3v) is 11.4. The molecule has 16 nitrogen and oxygen atoms in total. The lowest BCUT2D eigenvalue weighted by Gasteiger charge is -2.38. The van der Waals surface area contributed by atoms with Gasteiger partial charge in [-0.25, -0.2) is 0 Å². The fourth-order valence-corrected chi connectivity index (χ4v) is 7.68. The Morgan fingerprint density at radius 1 is 0.966 bits per heavy atom. The Balaban J connectivity index is 1.71. The number of ketones is 1. The number of morpholine rings is 1. The van der Waals surface area contributed by atoms with Crippen LogP contribution in [0.25, 0.3) is 10.8 Å². The van der Waals surface area contributed by atoms with Gasteiger partial charge in [-0.1, -0.05) is 45.9 Å². The van der Waals surface area contributed by atoms with Gasteiger partial charge in [0.1, 0.15) is 23.4 Å². The molecule has 58 heavy (non-hydrogen) atoms. The van der Waals surface area contributed by atoms with Crippen LogP contribution in [-0.4, -0.2) is 118 Å². The van der Waals surface area contributed by atoms with Crippen LogP contribution in [0, 0.1) is 30.6 Å². The average Bonchev–Trinajstić information content (AvgIpc) is 3.46. The molecule has 5 bridgehead atoms. The highest BCUT2D eigenvalue weighted by molar-refractivity contribution is 6.23. The third-order valence-electron chi connectivity index (χ3n) is 11.4. The number of fused-ring (bicyclic) bond motifs is 14. The van der Waals surface area contributed by atoms with Gasteiger partial charge in [-0.15, -0.1) is 0 Å². The highest BCUT2D eigenvalue weighted by Crippen LogP contribution is 2.55. The number of amides is 1. The summed E-state index contributed by atoms with van der Waals surface area (Å²) in [5, 5.41) is 66.4. The largest absolute Gasteiger partial charge is 0.507 e. The van der Waals surface area contributed by atoms with E-state index in [1.807, 2.05) is 0 Å². The lowest BCUT2D eigenvalue weighted by atomic mass is 9.78. The van der Waals surface area contributed by atoms with Crippen molar-refractivity contribution in [2.75, 3.05) is 38.7 Å². The first-order valence-electron chi connectivity index (χ1n) is 19.3. The Bertz CT molecular complexity index is 2040. The predicted octanol–water partition coefficient (Wildman–Crippen LogP) is 4.42. The molecule has 4 aliphatic heterocycles. The minimum Gasteiger partial charge on any atom is -0.507 e. The van der Waals surface area contributed by atoms with E-state index in [0.29, 0.717) is 26.3 Å². The van der Waals surface area contributed by atoms with Gasteiger partial charge in [-0.2, -0.15) is 5.10 Å². The molecule has 0 spiro atoms. The monoisotopic (exact) mass is 809 g/mol. The molecule has 9 atom stereocenters. The van der Waals surface area contributed by atoms with E-state index in [-0.39, 0.29) is 44.5 Å². The number of phenolic OH excluding ortho intramolecular Hbond substituents is 3. The van der Waals surface area contributed by atoms with Crippen LogP contribution in [0.15, 0.2) is 41.2 Å². The quantitative estimate of drug-likeness (QED) is 0.109. The van der Waals surface area contributed by atoms with Crippen molar-refractivity contribution in [3.05, 3.63) is 52.8 Å². The standard InChI is InChI=1S/C42H55N3O13/c1-20-11-10-12-21(2)41(53)44-32-27(19-43-45-14-17-55-18-15-45)36(50)29-30(37(32)51)35(49)25(6)39-31(29)40(52)42(8,58-39)56-16-13-28(54-9)22(3)38(57-26(7)46)24(5)34(48)23(4)33(20)47/h10-13,16,19-20,22-24,28,33-34,38,47-51H,14-15,17-18H2,1-9H3,(H,44,53)/b11-10+,16-13+,21-12-,43-19+/t20-,22-,23-,24-,28+,33+,34+,38-,42+/m1/s1. The number of phenols is 3. The van der Waals surface area contributed by atoms with Crippen molar-refractivity contribution in [3.8, 4) is 23.0 Å². The Morgan fingerprint density at radius 3 is 2.28 bits per heavy atom. The van der Waals surface area contributed by atoms with Crippen LogP contribution in [0.4, 0.5) is 5.69 Å². The number of nitrogens with one attached hydrogen (secondary N) is 1. The highest BCUT2D eigenvalue weighted by atomic mass is 16.7. The zero-order valence-electron chi connectivity index (χ0n) is 34.3. The Labute approximate surface area is 337 Å². The Kier molecular flexibility index (Phi) is 13.5. The number of Topliss-reactive ketones (excluding diaryl/α,β-unsaturated/α-hetero) is 1. The molecule has 0 saturated carbocycles. The maximum atomic E-state index is 14.4. The number of aromatic hydroxyl groups is 3.